The molecule has 1 heterocycles. The Hall–Kier alpha value is -2.90. The number of carbonyl (C=O) groups is 1. The fourth-order valence-corrected chi connectivity index (χ4v) is 3.63. The van der Waals surface area contributed by atoms with Crippen molar-refractivity contribution in [1.29, 1.82) is 0 Å². The van der Waals surface area contributed by atoms with Crippen molar-refractivity contribution in [2.45, 2.75) is 25.5 Å². The minimum Gasteiger partial charge on any atom is -0.302 e. The molecule has 0 radical (unpaired) electrons. The Morgan fingerprint density at radius 1 is 1.17 bits per heavy atom. The van der Waals surface area contributed by atoms with Gasteiger partial charge in [0.1, 0.15) is 0 Å². The molecule has 0 fully saturated rings. The number of benzene rings is 2. The molecule has 0 saturated heterocycles. The number of nitrogens with zero attached hydrogens (tertiary/aromatic N) is 4. The Kier molecular flexibility index (Phi) is 7.82. The standard InChI is InChI=1S/C22H22ClN5OS/c1-3-28-21(18-9-11-19(23)12-10-18)26-27-22(28)30-15-20(29)25-24-14-16(2)13-17-7-5-4-6-8-17/h4-14H,3,15H2,1-2H3,(H,25,29)/b16-13+,24-14-. The summed E-state index contributed by atoms with van der Waals surface area (Å²) in [6, 6.07) is 17.4. The second-order valence-corrected chi connectivity index (χ2v) is 7.82. The molecule has 2 aromatic carbocycles. The Morgan fingerprint density at radius 2 is 1.90 bits per heavy atom. The molecule has 0 aliphatic carbocycles. The molecule has 154 valence electrons. The average molecular weight is 440 g/mol. The summed E-state index contributed by atoms with van der Waals surface area (Å²) in [4.78, 5) is 12.1. The molecule has 1 N–H and O–H groups in total. The van der Waals surface area contributed by atoms with Crippen LogP contribution in [0.1, 0.15) is 19.4 Å². The molecule has 0 atom stereocenters. The van der Waals surface area contributed by atoms with Crippen LogP contribution >= 0.6 is 23.4 Å². The van der Waals surface area contributed by atoms with Crippen molar-refractivity contribution >= 4 is 41.6 Å². The van der Waals surface area contributed by atoms with Gasteiger partial charge in [-0.3, -0.25) is 4.79 Å². The molecule has 1 amide bonds. The van der Waals surface area contributed by atoms with Crippen LogP contribution < -0.4 is 5.43 Å². The molecular formula is C22H22ClN5OS. The largest absolute Gasteiger partial charge is 0.302 e. The zero-order valence-corrected chi connectivity index (χ0v) is 18.3. The summed E-state index contributed by atoms with van der Waals surface area (Å²) in [6.45, 7) is 4.63. The van der Waals surface area contributed by atoms with Gasteiger partial charge in [-0.25, -0.2) is 5.43 Å². The molecule has 30 heavy (non-hydrogen) atoms. The summed E-state index contributed by atoms with van der Waals surface area (Å²) in [5, 5.41) is 13.9. The van der Waals surface area contributed by atoms with Gasteiger partial charge in [-0.05, 0) is 49.2 Å². The number of halogens is 1. The van der Waals surface area contributed by atoms with E-state index < -0.39 is 0 Å². The van der Waals surface area contributed by atoms with Gasteiger partial charge in [0, 0.05) is 17.1 Å². The quantitative estimate of drug-likeness (QED) is 0.307. The Balaban J connectivity index is 1.56. The molecule has 0 saturated carbocycles. The topological polar surface area (TPSA) is 72.2 Å². The normalized spacial score (nSPS) is 11.8. The summed E-state index contributed by atoms with van der Waals surface area (Å²) in [5.74, 6) is 0.733. The first-order valence-electron chi connectivity index (χ1n) is 9.44. The SMILES string of the molecule is CCn1c(SCC(=O)N/N=C\C(C)=C\c2ccccc2)nnc1-c1ccc(Cl)cc1. The van der Waals surface area contributed by atoms with Gasteiger partial charge in [0.05, 0.1) is 12.0 Å². The molecule has 8 heteroatoms. The highest BCUT2D eigenvalue weighted by Crippen LogP contribution is 2.25. The van der Waals surface area contributed by atoms with Crippen LogP contribution in [0.25, 0.3) is 17.5 Å². The van der Waals surface area contributed by atoms with Gasteiger partial charge in [0.15, 0.2) is 11.0 Å². The summed E-state index contributed by atoms with van der Waals surface area (Å²) in [5.41, 5.74) is 5.49. The third-order valence-corrected chi connectivity index (χ3v) is 5.34. The predicted molar refractivity (Wildman–Crippen MR) is 124 cm³/mol. The van der Waals surface area contributed by atoms with Gasteiger partial charge in [0.2, 0.25) is 0 Å². The first-order valence-corrected chi connectivity index (χ1v) is 10.8. The zero-order chi connectivity index (χ0) is 21.3. The van der Waals surface area contributed by atoms with Crippen molar-refractivity contribution in [3.63, 3.8) is 0 Å². The lowest BCUT2D eigenvalue weighted by Gasteiger charge is -2.07. The number of hydrazone groups is 1. The van der Waals surface area contributed by atoms with Crippen LogP contribution in [-0.2, 0) is 11.3 Å². The number of amides is 1. The van der Waals surface area contributed by atoms with E-state index in [2.05, 4.69) is 20.7 Å². The molecule has 0 aliphatic heterocycles. The number of rotatable bonds is 8. The number of aromatic nitrogens is 3. The van der Waals surface area contributed by atoms with Gasteiger partial charge in [-0.15, -0.1) is 10.2 Å². The molecule has 1 aromatic heterocycles. The number of carbonyl (C=O) groups excluding carboxylic acids is 1. The van der Waals surface area contributed by atoms with Crippen molar-refractivity contribution in [2.75, 3.05) is 5.75 Å². The maximum Gasteiger partial charge on any atom is 0.250 e. The van der Waals surface area contributed by atoms with E-state index in [1.165, 1.54) is 11.8 Å². The van der Waals surface area contributed by atoms with Crippen molar-refractivity contribution in [2.24, 2.45) is 5.10 Å². The van der Waals surface area contributed by atoms with Crippen molar-refractivity contribution in [3.05, 3.63) is 70.8 Å². The number of thioether (sulfide) groups is 1. The third-order valence-electron chi connectivity index (χ3n) is 4.12. The second kappa shape index (κ2) is 10.8. The highest BCUT2D eigenvalue weighted by Gasteiger charge is 2.14. The Bertz CT molecular complexity index is 1050. The monoisotopic (exact) mass is 439 g/mol. The maximum absolute atomic E-state index is 12.1. The number of allylic oxidation sites excluding steroid dienone is 1. The van der Waals surface area contributed by atoms with Crippen molar-refractivity contribution in [1.82, 2.24) is 20.2 Å². The van der Waals surface area contributed by atoms with E-state index in [9.17, 15) is 4.79 Å². The fraction of sp³-hybridized carbons (Fsp3) is 0.182. The van der Waals surface area contributed by atoms with E-state index in [1.807, 2.05) is 79.1 Å². The van der Waals surface area contributed by atoms with E-state index in [4.69, 9.17) is 11.6 Å². The van der Waals surface area contributed by atoms with Crippen LogP contribution in [0, 0.1) is 0 Å². The first-order chi connectivity index (χ1) is 14.6. The Morgan fingerprint density at radius 3 is 2.60 bits per heavy atom. The second-order valence-electron chi connectivity index (χ2n) is 6.44. The molecule has 0 spiro atoms. The first kappa shape index (κ1) is 21.8. The average Bonchev–Trinajstić information content (AvgIpc) is 3.16. The van der Waals surface area contributed by atoms with Gasteiger partial charge < -0.3 is 4.57 Å². The van der Waals surface area contributed by atoms with Crippen LogP contribution in [0.3, 0.4) is 0 Å². The van der Waals surface area contributed by atoms with Crippen LogP contribution in [0.15, 0.2) is 70.4 Å². The summed E-state index contributed by atoms with van der Waals surface area (Å²) in [6.07, 6.45) is 3.62. The number of nitrogens with one attached hydrogen (secondary N) is 1. The lowest BCUT2D eigenvalue weighted by molar-refractivity contribution is -0.118. The van der Waals surface area contributed by atoms with Gasteiger partial charge in [-0.2, -0.15) is 5.10 Å². The van der Waals surface area contributed by atoms with Gasteiger partial charge in [0.25, 0.3) is 5.91 Å². The summed E-state index contributed by atoms with van der Waals surface area (Å²) in [7, 11) is 0. The van der Waals surface area contributed by atoms with Gasteiger partial charge >= 0.3 is 0 Å². The lowest BCUT2D eigenvalue weighted by atomic mass is 10.1. The minimum atomic E-state index is -0.206. The van der Waals surface area contributed by atoms with Crippen LogP contribution in [-0.4, -0.2) is 32.6 Å². The molecule has 3 rings (SSSR count). The molecular weight excluding hydrogens is 418 g/mol. The minimum absolute atomic E-state index is 0.192. The summed E-state index contributed by atoms with van der Waals surface area (Å²) >= 11 is 7.28. The van der Waals surface area contributed by atoms with E-state index >= 15 is 0 Å². The maximum atomic E-state index is 12.1. The van der Waals surface area contributed by atoms with E-state index in [0.717, 1.165) is 22.5 Å². The van der Waals surface area contributed by atoms with Crippen LogP contribution in [0.2, 0.25) is 5.02 Å². The van der Waals surface area contributed by atoms with E-state index in [1.54, 1.807) is 6.21 Å². The molecule has 0 aliphatic rings. The van der Waals surface area contributed by atoms with Crippen molar-refractivity contribution in [3.8, 4) is 11.4 Å². The highest BCUT2D eigenvalue weighted by atomic mass is 35.5. The Labute approximate surface area is 185 Å². The molecule has 6 nitrogen and oxygen atoms in total. The summed E-state index contributed by atoms with van der Waals surface area (Å²) < 4.78 is 1.97. The lowest BCUT2D eigenvalue weighted by Crippen LogP contribution is -2.20. The van der Waals surface area contributed by atoms with Crippen LogP contribution in [0.4, 0.5) is 0 Å². The smallest absolute Gasteiger partial charge is 0.250 e. The number of hydrogen-bond acceptors (Lipinski definition) is 5. The van der Waals surface area contributed by atoms with Crippen molar-refractivity contribution < 1.29 is 4.79 Å². The molecule has 3 aromatic rings. The zero-order valence-electron chi connectivity index (χ0n) is 16.7. The van der Waals surface area contributed by atoms with E-state index in [-0.39, 0.29) is 11.7 Å². The fourth-order valence-electron chi connectivity index (χ4n) is 2.71. The third kappa shape index (κ3) is 6.05. The molecule has 0 unspecified atom stereocenters. The highest BCUT2D eigenvalue weighted by molar-refractivity contribution is 7.99. The predicted octanol–water partition coefficient (Wildman–Crippen LogP) is 4.92. The van der Waals surface area contributed by atoms with E-state index in [0.29, 0.717) is 16.7 Å². The molecule has 0 bridgehead atoms. The number of hydrogen-bond donors (Lipinski definition) is 1. The van der Waals surface area contributed by atoms with Crippen LogP contribution in [0.5, 0.6) is 0 Å². The van der Waals surface area contributed by atoms with Gasteiger partial charge in [-0.1, -0.05) is 59.8 Å².